The van der Waals surface area contributed by atoms with Gasteiger partial charge in [-0.05, 0) is 24.7 Å². The first-order chi connectivity index (χ1) is 6.61. The second-order valence-electron chi connectivity index (χ2n) is 4.94. The van der Waals surface area contributed by atoms with Crippen LogP contribution in [0.1, 0.15) is 26.7 Å². The molecule has 0 spiro atoms. The lowest BCUT2D eigenvalue weighted by Crippen LogP contribution is -2.45. The third-order valence-electron chi connectivity index (χ3n) is 2.94. The van der Waals surface area contributed by atoms with E-state index in [-0.39, 0.29) is 12.6 Å². The van der Waals surface area contributed by atoms with Crippen molar-refractivity contribution in [3.63, 3.8) is 0 Å². The summed E-state index contributed by atoms with van der Waals surface area (Å²) < 4.78 is 0. The minimum Gasteiger partial charge on any atom is -0.396 e. The fourth-order valence-electron chi connectivity index (χ4n) is 2.53. The molecule has 0 bridgehead atoms. The molecule has 0 radical (unpaired) electrons. The highest BCUT2D eigenvalue weighted by Gasteiger charge is 2.22. The molecule has 3 unspecified atom stereocenters. The number of nitrogens with two attached hydrogens (primary N) is 1. The van der Waals surface area contributed by atoms with Crippen molar-refractivity contribution in [2.24, 2.45) is 17.6 Å². The number of aliphatic hydroxyl groups excluding tert-OH is 1. The van der Waals surface area contributed by atoms with Crippen molar-refractivity contribution in [2.45, 2.75) is 32.7 Å². The van der Waals surface area contributed by atoms with Gasteiger partial charge in [-0.15, -0.1) is 0 Å². The Balaban J connectivity index is 2.29. The zero-order valence-electron chi connectivity index (χ0n) is 9.45. The molecule has 1 aliphatic rings. The Morgan fingerprint density at radius 1 is 1.36 bits per heavy atom. The minimum absolute atomic E-state index is 0.137. The van der Waals surface area contributed by atoms with Crippen LogP contribution in [0.3, 0.4) is 0 Å². The number of likely N-dealkylation sites (tertiary alicyclic amines) is 1. The van der Waals surface area contributed by atoms with Gasteiger partial charge in [-0.25, -0.2) is 0 Å². The van der Waals surface area contributed by atoms with E-state index < -0.39 is 0 Å². The van der Waals surface area contributed by atoms with Gasteiger partial charge in [-0.3, -0.25) is 0 Å². The van der Waals surface area contributed by atoms with Gasteiger partial charge in [0.2, 0.25) is 0 Å². The number of aliphatic hydroxyl groups is 1. The van der Waals surface area contributed by atoms with Crippen LogP contribution in [0.25, 0.3) is 0 Å². The van der Waals surface area contributed by atoms with Gasteiger partial charge in [-0.1, -0.05) is 13.8 Å². The van der Waals surface area contributed by atoms with E-state index in [1.54, 1.807) is 0 Å². The highest BCUT2D eigenvalue weighted by Crippen LogP contribution is 2.20. The Morgan fingerprint density at radius 2 is 1.93 bits per heavy atom. The second kappa shape index (κ2) is 5.69. The first-order valence-corrected chi connectivity index (χ1v) is 5.70. The van der Waals surface area contributed by atoms with E-state index in [4.69, 9.17) is 10.8 Å². The molecule has 1 aliphatic heterocycles. The Morgan fingerprint density at radius 3 is 2.43 bits per heavy atom. The van der Waals surface area contributed by atoms with Crippen LogP contribution in [-0.4, -0.2) is 42.3 Å². The first-order valence-electron chi connectivity index (χ1n) is 5.70. The van der Waals surface area contributed by atoms with Gasteiger partial charge in [0.25, 0.3) is 0 Å². The quantitative estimate of drug-likeness (QED) is 0.701. The van der Waals surface area contributed by atoms with Gasteiger partial charge in [-0.2, -0.15) is 0 Å². The molecule has 0 aromatic heterocycles. The number of piperidine rings is 1. The van der Waals surface area contributed by atoms with Crippen LogP contribution < -0.4 is 5.73 Å². The van der Waals surface area contributed by atoms with E-state index in [1.165, 1.54) is 19.5 Å². The number of hydrogen-bond donors (Lipinski definition) is 2. The van der Waals surface area contributed by atoms with Crippen LogP contribution in [0.5, 0.6) is 0 Å². The molecule has 0 aromatic carbocycles. The average molecular weight is 200 g/mol. The fourth-order valence-corrected chi connectivity index (χ4v) is 2.53. The molecular formula is C11H24N2O. The summed E-state index contributed by atoms with van der Waals surface area (Å²) in [6.45, 7) is 8.10. The molecule has 84 valence electrons. The summed E-state index contributed by atoms with van der Waals surface area (Å²) in [6, 6.07) is 0.137. The third kappa shape index (κ3) is 3.95. The summed E-state index contributed by atoms with van der Waals surface area (Å²) in [5, 5.41) is 8.77. The van der Waals surface area contributed by atoms with Crippen molar-refractivity contribution in [1.82, 2.24) is 4.90 Å². The molecule has 14 heavy (non-hydrogen) atoms. The topological polar surface area (TPSA) is 49.5 Å². The van der Waals surface area contributed by atoms with Gasteiger partial charge in [0.05, 0.1) is 0 Å². The SMILES string of the molecule is CC1CC(C)CN(CC(N)CCO)C1. The minimum atomic E-state index is 0.137. The fraction of sp³-hybridized carbons (Fsp3) is 1.00. The van der Waals surface area contributed by atoms with Crippen molar-refractivity contribution in [2.75, 3.05) is 26.2 Å². The first kappa shape index (κ1) is 12.0. The maximum Gasteiger partial charge on any atom is 0.0446 e. The largest absolute Gasteiger partial charge is 0.396 e. The van der Waals surface area contributed by atoms with Crippen LogP contribution in [0, 0.1) is 11.8 Å². The van der Waals surface area contributed by atoms with Crippen molar-refractivity contribution in [3.8, 4) is 0 Å². The molecule has 0 aliphatic carbocycles. The lowest BCUT2D eigenvalue weighted by molar-refractivity contribution is 0.128. The summed E-state index contributed by atoms with van der Waals surface area (Å²) in [5.41, 5.74) is 5.90. The Kier molecular flexibility index (Phi) is 4.85. The van der Waals surface area contributed by atoms with Crippen LogP contribution in [0.15, 0.2) is 0 Å². The lowest BCUT2D eigenvalue weighted by Gasteiger charge is -2.36. The standard InChI is InChI=1S/C11H24N2O/c1-9-5-10(2)7-13(6-9)8-11(12)3-4-14/h9-11,14H,3-8,12H2,1-2H3. The van der Waals surface area contributed by atoms with Crippen LogP contribution in [0.4, 0.5) is 0 Å². The lowest BCUT2D eigenvalue weighted by atomic mass is 9.91. The Hall–Kier alpha value is -0.120. The van der Waals surface area contributed by atoms with E-state index in [2.05, 4.69) is 18.7 Å². The van der Waals surface area contributed by atoms with Crippen LogP contribution in [-0.2, 0) is 0 Å². The van der Waals surface area contributed by atoms with E-state index >= 15 is 0 Å². The normalized spacial score (nSPS) is 31.7. The molecule has 0 aromatic rings. The van der Waals surface area contributed by atoms with Crippen molar-refractivity contribution in [3.05, 3.63) is 0 Å². The molecule has 1 heterocycles. The van der Waals surface area contributed by atoms with Crippen LogP contribution in [0.2, 0.25) is 0 Å². The molecule has 3 nitrogen and oxygen atoms in total. The van der Waals surface area contributed by atoms with Gasteiger partial charge in [0.1, 0.15) is 0 Å². The van der Waals surface area contributed by atoms with Gasteiger partial charge in [0.15, 0.2) is 0 Å². The van der Waals surface area contributed by atoms with Crippen molar-refractivity contribution >= 4 is 0 Å². The average Bonchev–Trinajstić information content (AvgIpc) is 2.01. The maximum atomic E-state index is 8.77. The smallest absolute Gasteiger partial charge is 0.0446 e. The Bertz CT molecular complexity index is 153. The molecule has 0 amide bonds. The monoisotopic (exact) mass is 200 g/mol. The van der Waals surface area contributed by atoms with E-state index in [9.17, 15) is 0 Å². The molecule has 3 N–H and O–H groups in total. The van der Waals surface area contributed by atoms with E-state index in [0.717, 1.165) is 24.8 Å². The highest BCUT2D eigenvalue weighted by molar-refractivity contribution is 4.77. The van der Waals surface area contributed by atoms with Crippen LogP contribution >= 0.6 is 0 Å². The summed E-state index contributed by atoms with van der Waals surface area (Å²) >= 11 is 0. The van der Waals surface area contributed by atoms with Crippen molar-refractivity contribution in [1.29, 1.82) is 0 Å². The molecule has 1 rings (SSSR count). The summed E-state index contributed by atoms with van der Waals surface area (Å²) in [5.74, 6) is 1.58. The van der Waals surface area contributed by atoms with E-state index in [1.807, 2.05) is 0 Å². The predicted molar refractivity (Wildman–Crippen MR) is 59.1 cm³/mol. The molecular weight excluding hydrogens is 176 g/mol. The van der Waals surface area contributed by atoms with Gasteiger partial charge < -0.3 is 15.7 Å². The maximum absolute atomic E-state index is 8.77. The molecule has 3 heteroatoms. The second-order valence-corrected chi connectivity index (χ2v) is 4.94. The molecule has 1 fully saturated rings. The summed E-state index contributed by atoms with van der Waals surface area (Å²) in [6.07, 6.45) is 2.06. The molecule has 1 saturated heterocycles. The zero-order chi connectivity index (χ0) is 10.6. The highest BCUT2D eigenvalue weighted by atomic mass is 16.3. The number of rotatable bonds is 4. The van der Waals surface area contributed by atoms with E-state index in [0.29, 0.717) is 0 Å². The zero-order valence-corrected chi connectivity index (χ0v) is 9.45. The summed E-state index contributed by atoms with van der Waals surface area (Å²) in [4.78, 5) is 2.44. The third-order valence-corrected chi connectivity index (χ3v) is 2.94. The molecule has 0 saturated carbocycles. The summed E-state index contributed by atoms with van der Waals surface area (Å²) in [7, 11) is 0. The predicted octanol–water partition coefficient (Wildman–Crippen LogP) is 0.674. The van der Waals surface area contributed by atoms with Gasteiger partial charge in [0, 0.05) is 32.3 Å². The Labute approximate surface area is 87.3 Å². The number of hydrogen-bond acceptors (Lipinski definition) is 3. The van der Waals surface area contributed by atoms with Crippen molar-refractivity contribution < 1.29 is 5.11 Å². The number of nitrogens with zero attached hydrogens (tertiary/aromatic N) is 1. The molecule has 3 atom stereocenters. The van der Waals surface area contributed by atoms with Gasteiger partial charge >= 0.3 is 0 Å².